The van der Waals surface area contributed by atoms with Gasteiger partial charge in [-0.25, -0.2) is 4.98 Å². The fourth-order valence-corrected chi connectivity index (χ4v) is 3.45. The molecule has 0 saturated carbocycles. The third kappa shape index (κ3) is 3.49. The second-order valence-electron chi connectivity index (χ2n) is 7.34. The Morgan fingerprint density at radius 1 is 1.14 bits per heavy atom. The van der Waals surface area contributed by atoms with Gasteiger partial charge in [0.15, 0.2) is 0 Å². The molecule has 2 N–H and O–H groups in total. The van der Waals surface area contributed by atoms with Crippen molar-refractivity contribution in [1.82, 2.24) is 25.2 Å². The van der Waals surface area contributed by atoms with Gasteiger partial charge in [-0.1, -0.05) is 26.0 Å². The summed E-state index contributed by atoms with van der Waals surface area (Å²) in [7, 11) is 0. The molecule has 4 rings (SSSR count). The lowest BCUT2D eigenvalue weighted by atomic mass is 10.0. The van der Waals surface area contributed by atoms with E-state index in [1.54, 1.807) is 12.1 Å². The summed E-state index contributed by atoms with van der Waals surface area (Å²) in [5.74, 6) is -0.351. The number of hydrogen-bond acceptors (Lipinski definition) is 5. The fraction of sp³-hybridized carbons (Fsp3) is 0.286. The van der Waals surface area contributed by atoms with Crippen LogP contribution in [0.15, 0.2) is 42.6 Å². The molecular formula is C21H21N5O3. The highest BCUT2D eigenvalue weighted by molar-refractivity contribution is 6.20. The number of carbonyl (C=O) groups is 3. The van der Waals surface area contributed by atoms with Crippen LogP contribution in [0.5, 0.6) is 0 Å². The summed E-state index contributed by atoms with van der Waals surface area (Å²) < 4.78 is 0. The number of nitrogens with one attached hydrogen (secondary N) is 2. The van der Waals surface area contributed by atoms with Crippen LogP contribution in [0.2, 0.25) is 0 Å². The highest BCUT2D eigenvalue weighted by Crippen LogP contribution is 2.23. The first-order chi connectivity index (χ1) is 14.0. The summed E-state index contributed by atoms with van der Waals surface area (Å²) in [5.41, 5.74) is 2.15. The first-order valence-electron chi connectivity index (χ1n) is 9.51. The maximum atomic E-state index is 12.6. The monoisotopic (exact) mass is 391 g/mol. The van der Waals surface area contributed by atoms with Gasteiger partial charge < -0.3 is 10.3 Å². The second kappa shape index (κ2) is 7.46. The van der Waals surface area contributed by atoms with Crippen molar-refractivity contribution in [3.05, 3.63) is 59.7 Å². The van der Waals surface area contributed by atoms with Crippen molar-refractivity contribution in [2.24, 2.45) is 5.92 Å². The minimum atomic E-state index is -0.462. The third-order valence-corrected chi connectivity index (χ3v) is 4.98. The average molecular weight is 391 g/mol. The smallest absolute Gasteiger partial charge is 0.280 e. The highest BCUT2D eigenvalue weighted by atomic mass is 16.2. The van der Waals surface area contributed by atoms with E-state index in [2.05, 4.69) is 20.3 Å². The Hall–Kier alpha value is -3.55. The molecule has 148 valence electrons. The highest BCUT2D eigenvalue weighted by Gasteiger charge is 2.36. The molecule has 1 aromatic carbocycles. The van der Waals surface area contributed by atoms with Gasteiger partial charge in [0.1, 0.15) is 11.5 Å². The van der Waals surface area contributed by atoms with E-state index < -0.39 is 11.8 Å². The van der Waals surface area contributed by atoms with Crippen LogP contribution in [0.4, 0.5) is 0 Å². The summed E-state index contributed by atoms with van der Waals surface area (Å²) >= 11 is 0. The number of amides is 3. The maximum absolute atomic E-state index is 12.6. The van der Waals surface area contributed by atoms with Crippen LogP contribution in [0, 0.1) is 5.92 Å². The van der Waals surface area contributed by atoms with Crippen LogP contribution in [0.1, 0.15) is 53.0 Å². The van der Waals surface area contributed by atoms with E-state index in [9.17, 15) is 14.4 Å². The predicted octanol–water partition coefficient (Wildman–Crippen LogP) is 2.46. The number of para-hydroxylation sites is 2. The van der Waals surface area contributed by atoms with Crippen molar-refractivity contribution in [3.8, 4) is 0 Å². The zero-order valence-corrected chi connectivity index (χ0v) is 16.2. The van der Waals surface area contributed by atoms with E-state index in [1.165, 1.54) is 6.20 Å². The Morgan fingerprint density at radius 2 is 1.93 bits per heavy atom. The number of carbonyl (C=O) groups excluding carboxylic acids is 3. The zero-order valence-electron chi connectivity index (χ0n) is 16.2. The maximum Gasteiger partial charge on any atom is 0.280 e. The molecule has 0 bridgehead atoms. The molecule has 1 atom stereocenters. The summed E-state index contributed by atoms with van der Waals surface area (Å²) in [6, 6.07) is 10.5. The van der Waals surface area contributed by atoms with E-state index in [0.717, 1.165) is 15.9 Å². The van der Waals surface area contributed by atoms with Crippen LogP contribution < -0.4 is 5.32 Å². The van der Waals surface area contributed by atoms with Gasteiger partial charge in [-0.05, 0) is 30.2 Å². The van der Waals surface area contributed by atoms with Crippen molar-refractivity contribution in [3.63, 3.8) is 0 Å². The van der Waals surface area contributed by atoms with Crippen molar-refractivity contribution in [1.29, 1.82) is 0 Å². The molecule has 3 heterocycles. The fourth-order valence-electron chi connectivity index (χ4n) is 3.45. The quantitative estimate of drug-likeness (QED) is 0.628. The number of nitrogens with zero attached hydrogens (tertiary/aromatic N) is 3. The molecule has 1 aliphatic rings. The van der Waals surface area contributed by atoms with Gasteiger partial charge in [-0.15, -0.1) is 0 Å². The standard InChI is InChI=1S/C21H21N5O3/c1-12(2)17(19-23-14-7-3-4-8-15(14)24-19)25-16(27)9-11-26-20(28)13-6-5-10-22-18(13)21(26)29/h3-8,10,12,17H,9,11H2,1-2H3,(H,23,24)(H,25,27). The Balaban J connectivity index is 1.43. The van der Waals surface area contributed by atoms with E-state index in [1.807, 2.05) is 38.1 Å². The van der Waals surface area contributed by atoms with Gasteiger partial charge in [0.2, 0.25) is 5.91 Å². The number of aromatic nitrogens is 3. The van der Waals surface area contributed by atoms with E-state index in [-0.39, 0.29) is 42.1 Å². The van der Waals surface area contributed by atoms with Gasteiger partial charge in [0, 0.05) is 19.2 Å². The lowest BCUT2D eigenvalue weighted by Gasteiger charge is -2.21. The molecule has 29 heavy (non-hydrogen) atoms. The Bertz CT molecular complexity index is 1040. The van der Waals surface area contributed by atoms with E-state index >= 15 is 0 Å². The molecule has 0 fully saturated rings. The molecule has 0 saturated heterocycles. The summed E-state index contributed by atoms with van der Waals surface area (Å²) in [4.78, 5) is 50.2. The summed E-state index contributed by atoms with van der Waals surface area (Å²) in [5, 5.41) is 2.97. The van der Waals surface area contributed by atoms with Gasteiger partial charge in [0.05, 0.1) is 22.6 Å². The second-order valence-corrected chi connectivity index (χ2v) is 7.34. The Labute approximate surface area is 167 Å². The van der Waals surface area contributed by atoms with Gasteiger partial charge in [0.25, 0.3) is 11.8 Å². The van der Waals surface area contributed by atoms with Crippen LogP contribution in [0.3, 0.4) is 0 Å². The van der Waals surface area contributed by atoms with Crippen molar-refractivity contribution in [2.45, 2.75) is 26.3 Å². The number of aromatic amines is 1. The number of fused-ring (bicyclic) bond motifs is 2. The van der Waals surface area contributed by atoms with Crippen LogP contribution in [-0.2, 0) is 4.79 Å². The minimum Gasteiger partial charge on any atom is -0.346 e. The Morgan fingerprint density at radius 3 is 2.66 bits per heavy atom. The molecule has 2 aromatic heterocycles. The van der Waals surface area contributed by atoms with Crippen molar-refractivity contribution < 1.29 is 14.4 Å². The van der Waals surface area contributed by atoms with E-state index in [4.69, 9.17) is 0 Å². The molecular weight excluding hydrogens is 370 g/mol. The Kier molecular flexibility index (Phi) is 4.84. The SMILES string of the molecule is CC(C)C(NC(=O)CCN1C(=O)c2cccnc2C1=O)c1nc2ccccc2[nH]1. The van der Waals surface area contributed by atoms with Crippen LogP contribution in [-0.4, -0.2) is 44.1 Å². The number of benzene rings is 1. The molecule has 0 radical (unpaired) electrons. The normalized spacial score (nSPS) is 14.5. The number of hydrogen-bond donors (Lipinski definition) is 2. The summed E-state index contributed by atoms with van der Waals surface area (Å²) in [6.07, 6.45) is 1.48. The van der Waals surface area contributed by atoms with Gasteiger partial charge in [-0.2, -0.15) is 0 Å². The summed E-state index contributed by atoms with van der Waals surface area (Å²) in [6.45, 7) is 3.99. The number of pyridine rings is 1. The van der Waals surface area contributed by atoms with Crippen LogP contribution in [0.25, 0.3) is 11.0 Å². The molecule has 8 heteroatoms. The third-order valence-electron chi connectivity index (χ3n) is 4.98. The molecule has 3 amide bonds. The molecule has 3 aromatic rings. The van der Waals surface area contributed by atoms with Crippen molar-refractivity contribution in [2.75, 3.05) is 6.54 Å². The van der Waals surface area contributed by atoms with Gasteiger partial charge >= 0.3 is 0 Å². The number of rotatable bonds is 6. The van der Waals surface area contributed by atoms with Gasteiger partial charge in [-0.3, -0.25) is 24.3 Å². The minimum absolute atomic E-state index is 0.00477. The zero-order chi connectivity index (χ0) is 20.5. The number of imidazole rings is 1. The predicted molar refractivity (Wildman–Crippen MR) is 106 cm³/mol. The lowest BCUT2D eigenvalue weighted by Crippen LogP contribution is -2.37. The average Bonchev–Trinajstić information content (AvgIpc) is 3.24. The van der Waals surface area contributed by atoms with E-state index in [0.29, 0.717) is 5.82 Å². The largest absolute Gasteiger partial charge is 0.346 e. The first kappa shape index (κ1) is 18.8. The topological polar surface area (TPSA) is 108 Å². The number of imide groups is 1. The molecule has 1 unspecified atom stereocenters. The lowest BCUT2D eigenvalue weighted by molar-refractivity contribution is -0.122. The van der Waals surface area contributed by atoms with Crippen LogP contribution >= 0.6 is 0 Å². The first-order valence-corrected chi connectivity index (χ1v) is 9.51. The van der Waals surface area contributed by atoms with Crippen molar-refractivity contribution >= 4 is 28.8 Å². The molecule has 0 aliphatic carbocycles. The molecule has 8 nitrogen and oxygen atoms in total. The number of H-pyrrole nitrogens is 1. The molecule has 0 spiro atoms. The molecule has 1 aliphatic heterocycles.